The van der Waals surface area contributed by atoms with Gasteiger partial charge in [-0.2, -0.15) is 0 Å². The van der Waals surface area contributed by atoms with E-state index < -0.39 is 5.54 Å². The van der Waals surface area contributed by atoms with Crippen molar-refractivity contribution < 1.29 is 14.3 Å². The highest BCUT2D eigenvalue weighted by molar-refractivity contribution is 5.86. The van der Waals surface area contributed by atoms with Crippen LogP contribution in [0.4, 0.5) is 0 Å². The standard InChI is InChI=1S/C15H21NO3/c1-3-8-19-12-7-5-6-11(9-12)13-10-15(13,16)14(17)18-4-2/h5-7,9,13H,3-4,8,10,16H2,1-2H3. The Labute approximate surface area is 113 Å². The molecular formula is C15H21NO3. The third kappa shape index (κ3) is 2.89. The molecule has 0 bridgehead atoms. The van der Waals surface area contributed by atoms with Gasteiger partial charge in [-0.1, -0.05) is 19.1 Å². The largest absolute Gasteiger partial charge is 0.494 e. The van der Waals surface area contributed by atoms with Gasteiger partial charge in [0.05, 0.1) is 13.2 Å². The highest BCUT2D eigenvalue weighted by atomic mass is 16.5. The molecule has 104 valence electrons. The fourth-order valence-corrected chi connectivity index (χ4v) is 2.23. The maximum Gasteiger partial charge on any atom is 0.326 e. The Kier molecular flexibility index (Phi) is 4.10. The zero-order valence-corrected chi connectivity index (χ0v) is 11.5. The zero-order valence-electron chi connectivity index (χ0n) is 11.5. The summed E-state index contributed by atoms with van der Waals surface area (Å²) in [5.41, 5.74) is 6.28. The van der Waals surface area contributed by atoms with Crippen LogP contribution in [-0.2, 0) is 9.53 Å². The van der Waals surface area contributed by atoms with Crippen molar-refractivity contribution in [2.75, 3.05) is 13.2 Å². The van der Waals surface area contributed by atoms with E-state index in [2.05, 4.69) is 6.92 Å². The second-order valence-corrected chi connectivity index (χ2v) is 4.94. The zero-order chi connectivity index (χ0) is 13.9. The summed E-state index contributed by atoms with van der Waals surface area (Å²) in [6.45, 7) is 4.91. The maximum absolute atomic E-state index is 11.8. The fraction of sp³-hybridized carbons (Fsp3) is 0.533. The third-order valence-corrected chi connectivity index (χ3v) is 3.39. The second kappa shape index (κ2) is 5.61. The average Bonchev–Trinajstić information content (AvgIpc) is 3.11. The number of carbonyl (C=O) groups excluding carboxylic acids is 1. The SMILES string of the molecule is CCCOc1cccc(C2CC2(N)C(=O)OCC)c1. The van der Waals surface area contributed by atoms with Gasteiger partial charge in [0.15, 0.2) is 0 Å². The smallest absolute Gasteiger partial charge is 0.326 e. The lowest BCUT2D eigenvalue weighted by molar-refractivity contribution is -0.146. The van der Waals surface area contributed by atoms with Gasteiger partial charge in [0.2, 0.25) is 0 Å². The van der Waals surface area contributed by atoms with Crippen LogP contribution in [0.3, 0.4) is 0 Å². The van der Waals surface area contributed by atoms with E-state index in [0.717, 1.165) is 17.7 Å². The summed E-state index contributed by atoms with van der Waals surface area (Å²) in [5.74, 6) is 0.564. The Morgan fingerprint density at radius 2 is 2.26 bits per heavy atom. The average molecular weight is 263 g/mol. The number of hydrogen-bond acceptors (Lipinski definition) is 4. The van der Waals surface area contributed by atoms with Crippen LogP contribution in [0.2, 0.25) is 0 Å². The first-order chi connectivity index (χ1) is 9.11. The van der Waals surface area contributed by atoms with Crippen LogP contribution < -0.4 is 10.5 Å². The van der Waals surface area contributed by atoms with E-state index in [0.29, 0.717) is 19.6 Å². The van der Waals surface area contributed by atoms with Crippen LogP contribution >= 0.6 is 0 Å². The van der Waals surface area contributed by atoms with Gasteiger partial charge in [0.25, 0.3) is 0 Å². The molecule has 4 heteroatoms. The predicted molar refractivity (Wildman–Crippen MR) is 73.1 cm³/mol. The van der Waals surface area contributed by atoms with Gasteiger partial charge in [-0.3, -0.25) is 4.79 Å². The summed E-state index contributed by atoms with van der Waals surface area (Å²) in [5, 5.41) is 0. The van der Waals surface area contributed by atoms with Crippen molar-refractivity contribution in [2.45, 2.75) is 38.1 Å². The number of benzene rings is 1. The Morgan fingerprint density at radius 1 is 1.47 bits per heavy atom. The van der Waals surface area contributed by atoms with Crippen molar-refractivity contribution in [3.8, 4) is 5.75 Å². The number of ether oxygens (including phenoxy) is 2. The topological polar surface area (TPSA) is 61.5 Å². The molecule has 0 aromatic heterocycles. The molecule has 0 spiro atoms. The Morgan fingerprint density at radius 3 is 2.95 bits per heavy atom. The van der Waals surface area contributed by atoms with Gasteiger partial charge in [0.1, 0.15) is 11.3 Å². The van der Waals surface area contributed by atoms with Crippen molar-refractivity contribution in [1.82, 2.24) is 0 Å². The fourth-order valence-electron chi connectivity index (χ4n) is 2.23. The summed E-state index contributed by atoms with van der Waals surface area (Å²) >= 11 is 0. The van der Waals surface area contributed by atoms with E-state index in [1.165, 1.54) is 0 Å². The van der Waals surface area contributed by atoms with Crippen molar-refractivity contribution >= 4 is 5.97 Å². The summed E-state index contributed by atoms with van der Waals surface area (Å²) in [4.78, 5) is 11.8. The van der Waals surface area contributed by atoms with E-state index >= 15 is 0 Å². The third-order valence-electron chi connectivity index (χ3n) is 3.39. The van der Waals surface area contributed by atoms with Crippen molar-refractivity contribution in [3.05, 3.63) is 29.8 Å². The first-order valence-electron chi connectivity index (χ1n) is 6.80. The van der Waals surface area contributed by atoms with Crippen LogP contribution in [0, 0.1) is 0 Å². The molecule has 0 aliphatic heterocycles. The van der Waals surface area contributed by atoms with Crippen LogP contribution in [0.5, 0.6) is 5.75 Å². The minimum absolute atomic E-state index is 0.0386. The lowest BCUT2D eigenvalue weighted by Gasteiger charge is -2.11. The quantitative estimate of drug-likeness (QED) is 0.799. The molecule has 4 nitrogen and oxygen atoms in total. The van der Waals surface area contributed by atoms with E-state index in [1.807, 2.05) is 24.3 Å². The van der Waals surface area contributed by atoms with Gasteiger partial charge in [-0.25, -0.2) is 0 Å². The van der Waals surface area contributed by atoms with Gasteiger partial charge < -0.3 is 15.2 Å². The second-order valence-electron chi connectivity index (χ2n) is 4.94. The first-order valence-corrected chi connectivity index (χ1v) is 6.80. The molecule has 2 unspecified atom stereocenters. The van der Waals surface area contributed by atoms with Gasteiger partial charge >= 0.3 is 5.97 Å². The number of rotatable bonds is 6. The number of nitrogens with two attached hydrogens (primary N) is 1. The first kappa shape index (κ1) is 13.9. The maximum atomic E-state index is 11.8. The summed E-state index contributed by atoms with van der Waals surface area (Å²) in [6, 6.07) is 7.81. The van der Waals surface area contributed by atoms with Crippen molar-refractivity contribution in [1.29, 1.82) is 0 Å². The number of hydrogen-bond donors (Lipinski definition) is 1. The van der Waals surface area contributed by atoms with Gasteiger partial charge in [0, 0.05) is 5.92 Å². The van der Waals surface area contributed by atoms with Crippen LogP contribution in [0.25, 0.3) is 0 Å². The molecule has 19 heavy (non-hydrogen) atoms. The van der Waals surface area contributed by atoms with Gasteiger partial charge in [-0.15, -0.1) is 0 Å². The summed E-state index contributed by atoms with van der Waals surface area (Å²) < 4.78 is 10.6. The molecule has 0 radical (unpaired) electrons. The number of carbonyl (C=O) groups is 1. The molecule has 2 atom stereocenters. The minimum atomic E-state index is -0.848. The predicted octanol–water partition coefficient (Wildman–Crippen LogP) is 2.22. The molecule has 1 aliphatic carbocycles. The molecule has 0 heterocycles. The lowest BCUT2D eigenvalue weighted by Crippen LogP contribution is -2.36. The normalized spacial score (nSPS) is 24.9. The molecule has 1 aromatic carbocycles. The van der Waals surface area contributed by atoms with Crippen molar-refractivity contribution in [2.24, 2.45) is 5.73 Å². The Balaban J connectivity index is 2.06. The van der Waals surface area contributed by atoms with Crippen molar-refractivity contribution in [3.63, 3.8) is 0 Å². The van der Waals surface area contributed by atoms with E-state index in [9.17, 15) is 4.79 Å². The Bertz CT molecular complexity index is 460. The molecule has 1 saturated carbocycles. The molecule has 1 aromatic rings. The van der Waals surface area contributed by atoms with E-state index in [4.69, 9.17) is 15.2 Å². The van der Waals surface area contributed by atoms with Crippen LogP contribution in [0.15, 0.2) is 24.3 Å². The molecular weight excluding hydrogens is 242 g/mol. The monoisotopic (exact) mass is 263 g/mol. The highest BCUT2D eigenvalue weighted by Crippen LogP contribution is 2.50. The molecule has 1 fully saturated rings. The van der Waals surface area contributed by atoms with Crippen LogP contribution in [-0.4, -0.2) is 24.7 Å². The summed E-state index contributed by atoms with van der Waals surface area (Å²) in [6.07, 6.45) is 1.61. The minimum Gasteiger partial charge on any atom is -0.494 e. The van der Waals surface area contributed by atoms with E-state index in [1.54, 1.807) is 6.92 Å². The highest BCUT2D eigenvalue weighted by Gasteiger charge is 2.59. The molecule has 2 N–H and O–H groups in total. The van der Waals surface area contributed by atoms with Gasteiger partial charge in [-0.05, 0) is 37.5 Å². The molecule has 2 rings (SSSR count). The number of esters is 1. The Hall–Kier alpha value is -1.55. The lowest BCUT2D eigenvalue weighted by atomic mass is 10.1. The van der Waals surface area contributed by atoms with E-state index in [-0.39, 0.29) is 11.9 Å². The molecule has 1 aliphatic rings. The molecule has 0 saturated heterocycles. The molecule has 0 amide bonds. The summed E-state index contributed by atoms with van der Waals surface area (Å²) in [7, 11) is 0. The van der Waals surface area contributed by atoms with Crippen LogP contribution in [0.1, 0.15) is 38.2 Å².